The Morgan fingerprint density at radius 3 is 2.19 bits per heavy atom. The molecule has 0 radical (unpaired) electrons. The highest BCUT2D eigenvalue weighted by molar-refractivity contribution is 6.59. The second-order valence-corrected chi connectivity index (χ2v) is 3.46. The Kier molecular flexibility index (Phi) is 7.05. The fraction of sp³-hybridized carbons (Fsp3) is 0.500. The first-order chi connectivity index (χ1) is 7.56. The van der Waals surface area contributed by atoms with Crippen LogP contribution in [0.15, 0.2) is 12.1 Å². The molecule has 1 rings (SSSR count). The van der Waals surface area contributed by atoms with Crippen LogP contribution in [0.1, 0.15) is 30.5 Å². The standard InChI is InChI=1S/C10H15BO3.C2H6/c1-7-4-8(2)9(6-14-3)10(5-7)11(12)13;1-2/h4-5,12-13H,6H2,1-3H3;1-2H3. The Morgan fingerprint density at radius 2 is 1.75 bits per heavy atom. The molecule has 0 atom stereocenters. The van der Waals surface area contributed by atoms with Gasteiger partial charge in [0.05, 0.1) is 6.61 Å². The van der Waals surface area contributed by atoms with Crippen molar-refractivity contribution in [2.75, 3.05) is 7.11 Å². The highest BCUT2D eigenvalue weighted by atomic mass is 16.5. The first-order valence-corrected chi connectivity index (χ1v) is 5.51. The Hall–Kier alpha value is -0.835. The monoisotopic (exact) mass is 224 g/mol. The molecule has 4 heteroatoms. The SMILES string of the molecule is CC.COCc1c(C)cc(C)cc1B(O)O. The van der Waals surface area contributed by atoms with Crippen LogP contribution < -0.4 is 5.46 Å². The number of hydrogen-bond acceptors (Lipinski definition) is 3. The van der Waals surface area contributed by atoms with Crippen molar-refractivity contribution >= 4 is 12.6 Å². The molecule has 0 bridgehead atoms. The molecular formula is C12H21BO3. The summed E-state index contributed by atoms with van der Waals surface area (Å²) in [7, 11) is 0.158. The zero-order valence-electron chi connectivity index (χ0n) is 10.7. The first-order valence-electron chi connectivity index (χ1n) is 5.51. The number of rotatable bonds is 3. The minimum absolute atomic E-state index is 0.402. The molecular weight excluding hydrogens is 203 g/mol. The lowest BCUT2D eigenvalue weighted by Gasteiger charge is -2.12. The van der Waals surface area contributed by atoms with Gasteiger partial charge in [-0.1, -0.05) is 31.5 Å². The Morgan fingerprint density at radius 1 is 1.19 bits per heavy atom. The molecule has 0 aliphatic rings. The van der Waals surface area contributed by atoms with Gasteiger partial charge in [-0.25, -0.2) is 0 Å². The Bertz CT molecular complexity index is 324. The van der Waals surface area contributed by atoms with E-state index < -0.39 is 7.12 Å². The molecule has 0 amide bonds. The van der Waals surface area contributed by atoms with Gasteiger partial charge in [-0.05, 0) is 30.4 Å². The summed E-state index contributed by atoms with van der Waals surface area (Å²) >= 11 is 0. The van der Waals surface area contributed by atoms with Gasteiger partial charge in [0.25, 0.3) is 0 Å². The maximum Gasteiger partial charge on any atom is 0.488 e. The van der Waals surface area contributed by atoms with Crippen LogP contribution >= 0.6 is 0 Å². The third kappa shape index (κ3) is 3.97. The van der Waals surface area contributed by atoms with Gasteiger partial charge in [-0.2, -0.15) is 0 Å². The number of aryl methyl sites for hydroxylation is 2. The zero-order valence-corrected chi connectivity index (χ0v) is 10.7. The van der Waals surface area contributed by atoms with Crippen LogP contribution in [0.4, 0.5) is 0 Å². The van der Waals surface area contributed by atoms with Gasteiger partial charge in [-0.3, -0.25) is 0 Å². The Balaban J connectivity index is 0.00000106. The highest BCUT2D eigenvalue weighted by Crippen LogP contribution is 2.10. The van der Waals surface area contributed by atoms with Crippen molar-refractivity contribution in [3.8, 4) is 0 Å². The average molecular weight is 224 g/mol. The molecule has 0 aromatic heterocycles. The summed E-state index contributed by atoms with van der Waals surface area (Å²) in [5.41, 5.74) is 3.43. The second kappa shape index (κ2) is 7.44. The molecule has 16 heavy (non-hydrogen) atoms. The van der Waals surface area contributed by atoms with Crippen LogP contribution in [0.5, 0.6) is 0 Å². The van der Waals surface area contributed by atoms with Crippen molar-refractivity contribution < 1.29 is 14.8 Å². The van der Waals surface area contributed by atoms with E-state index in [-0.39, 0.29) is 0 Å². The maximum absolute atomic E-state index is 9.18. The number of ether oxygens (including phenoxy) is 1. The van der Waals surface area contributed by atoms with E-state index in [1.165, 1.54) is 0 Å². The van der Waals surface area contributed by atoms with Crippen molar-refractivity contribution in [1.29, 1.82) is 0 Å². The molecule has 0 heterocycles. The molecule has 0 fully saturated rings. The average Bonchev–Trinajstić information content (AvgIpc) is 2.24. The van der Waals surface area contributed by atoms with E-state index in [1.54, 1.807) is 13.2 Å². The lowest BCUT2D eigenvalue weighted by Crippen LogP contribution is -2.34. The molecule has 1 aromatic carbocycles. The van der Waals surface area contributed by atoms with Gasteiger partial charge in [0, 0.05) is 7.11 Å². The van der Waals surface area contributed by atoms with Crippen LogP contribution in [-0.4, -0.2) is 24.3 Å². The van der Waals surface area contributed by atoms with E-state index in [2.05, 4.69) is 0 Å². The molecule has 0 aliphatic carbocycles. The van der Waals surface area contributed by atoms with Gasteiger partial charge in [0.1, 0.15) is 0 Å². The number of hydrogen-bond donors (Lipinski definition) is 2. The van der Waals surface area contributed by atoms with Crippen LogP contribution in [-0.2, 0) is 11.3 Å². The van der Waals surface area contributed by atoms with E-state index in [1.807, 2.05) is 33.8 Å². The smallest absolute Gasteiger partial charge is 0.423 e. The maximum atomic E-state index is 9.18. The topological polar surface area (TPSA) is 49.7 Å². The lowest BCUT2D eigenvalue weighted by molar-refractivity contribution is 0.185. The summed E-state index contributed by atoms with van der Waals surface area (Å²) in [6.45, 7) is 8.27. The van der Waals surface area contributed by atoms with E-state index >= 15 is 0 Å². The van der Waals surface area contributed by atoms with Crippen molar-refractivity contribution in [3.05, 3.63) is 28.8 Å². The molecule has 0 saturated carbocycles. The number of methoxy groups -OCH3 is 1. The molecule has 0 spiro atoms. The van der Waals surface area contributed by atoms with Gasteiger partial charge in [-0.15, -0.1) is 0 Å². The lowest BCUT2D eigenvalue weighted by atomic mass is 9.75. The summed E-state index contributed by atoms with van der Waals surface area (Å²) < 4.78 is 5.02. The van der Waals surface area contributed by atoms with E-state index in [4.69, 9.17) is 4.74 Å². The predicted octanol–water partition coefficient (Wildman–Crippen LogP) is 1.16. The van der Waals surface area contributed by atoms with Crippen LogP contribution in [0.25, 0.3) is 0 Å². The van der Waals surface area contributed by atoms with E-state index in [0.717, 1.165) is 16.7 Å². The third-order valence-electron chi connectivity index (χ3n) is 2.22. The van der Waals surface area contributed by atoms with E-state index in [9.17, 15) is 10.0 Å². The summed E-state index contributed by atoms with van der Waals surface area (Å²) in [6.07, 6.45) is 0. The van der Waals surface area contributed by atoms with E-state index in [0.29, 0.717) is 12.1 Å². The Labute approximate surface area is 98.2 Å². The predicted molar refractivity (Wildman–Crippen MR) is 67.8 cm³/mol. The zero-order chi connectivity index (χ0) is 12.7. The minimum atomic E-state index is -1.43. The van der Waals surface area contributed by atoms with Crippen molar-refractivity contribution in [1.82, 2.24) is 0 Å². The van der Waals surface area contributed by atoms with Crippen LogP contribution in [0, 0.1) is 13.8 Å². The molecule has 1 aromatic rings. The second-order valence-electron chi connectivity index (χ2n) is 3.46. The summed E-state index contributed by atoms with van der Waals surface area (Å²) in [5, 5.41) is 18.4. The largest absolute Gasteiger partial charge is 0.488 e. The van der Waals surface area contributed by atoms with Crippen molar-refractivity contribution in [3.63, 3.8) is 0 Å². The molecule has 90 valence electrons. The summed E-state index contributed by atoms with van der Waals surface area (Å²) in [4.78, 5) is 0. The normalized spacial score (nSPS) is 9.44. The van der Waals surface area contributed by atoms with Crippen LogP contribution in [0.3, 0.4) is 0 Å². The fourth-order valence-corrected chi connectivity index (χ4v) is 1.60. The van der Waals surface area contributed by atoms with Gasteiger partial charge in [0.15, 0.2) is 0 Å². The fourth-order valence-electron chi connectivity index (χ4n) is 1.60. The third-order valence-corrected chi connectivity index (χ3v) is 2.22. The molecule has 0 unspecified atom stereocenters. The van der Waals surface area contributed by atoms with Gasteiger partial charge >= 0.3 is 7.12 Å². The van der Waals surface area contributed by atoms with Crippen molar-refractivity contribution in [2.24, 2.45) is 0 Å². The minimum Gasteiger partial charge on any atom is -0.423 e. The summed E-state index contributed by atoms with van der Waals surface area (Å²) in [5.74, 6) is 0. The molecule has 3 nitrogen and oxygen atoms in total. The highest BCUT2D eigenvalue weighted by Gasteiger charge is 2.17. The summed E-state index contributed by atoms with van der Waals surface area (Å²) in [6, 6.07) is 3.77. The molecule has 2 N–H and O–H groups in total. The van der Waals surface area contributed by atoms with Gasteiger partial charge in [0.2, 0.25) is 0 Å². The first kappa shape index (κ1) is 15.2. The molecule has 0 aliphatic heterocycles. The van der Waals surface area contributed by atoms with Gasteiger partial charge < -0.3 is 14.8 Å². The molecule has 0 saturated heterocycles. The number of benzene rings is 1. The van der Waals surface area contributed by atoms with Crippen molar-refractivity contribution in [2.45, 2.75) is 34.3 Å². The van der Waals surface area contributed by atoms with Crippen LogP contribution in [0.2, 0.25) is 0 Å². The quantitative estimate of drug-likeness (QED) is 0.757.